The summed E-state index contributed by atoms with van der Waals surface area (Å²) in [6, 6.07) is 7.15. The average molecular weight is 234 g/mol. The lowest BCUT2D eigenvalue weighted by Gasteiger charge is -2.25. The fourth-order valence-corrected chi connectivity index (χ4v) is 1.94. The molecule has 0 amide bonds. The lowest BCUT2D eigenvalue weighted by molar-refractivity contribution is 0.205. The molecule has 1 saturated carbocycles. The van der Waals surface area contributed by atoms with Crippen LogP contribution in [-0.2, 0) is 4.74 Å². The van der Waals surface area contributed by atoms with Crippen LogP contribution in [0.15, 0.2) is 18.2 Å². The first-order valence-corrected chi connectivity index (χ1v) is 5.72. The summed E-state index contributed by atoms with van der Waals surface area (Å²) >= 11 is 0. The standard InChI is InChI=1S/C13H15FN2O/c1-17-8-7-16(10-5-6-10)13-4-2-3-12(14)11(13)9-15/h2-4,10H,5-8H2,1H3. The van der Waals surface area contributed by atoms with Gasteiger partial charge in [-0.2, -0.15) is 5.26 Å². The highest BCUT2D eigenvalue weighted by atomic mass is 19.1. The van der Waals surface area contributed by atoms with Crippen molar-refractivity contribution in [3.63, 3.8) is 0 Å². The molecule has 1 fully saturated rings. The minimum absolute atomic E-state index is 0.135. The Balaban J connectivity index is 2.29. The van der Waals surface area contributed by atoms with Crippen molar-refractivity contribution in [2.75, 3.05) is 25.2 Å². The zero-order chi connectivity index (χ0) is 12.3. The summed E-state index contributed by atoms with van der Waals surface area (Å²) in [6.45, 7) is 1.27. The van der Waals surface area contributed by atoms with Gasteiger partial charge in [-0.15, -0.1) is 0 Å². The van der Waals surface area contributed by atoms with Crippen LogP contribution in [0.4, 0.5) is 10.1 Å². The van der Waals surface area contributed by atoms with Crippen LogP contribution in [0.1, 0.15) is 18.4 Å². The number of nitrogens with zero attached hydrogens (tertiary/aromatic N) is 2. The second kappa shape index (κ2) is 5.15. The largest absolute Gasteiger partial charge is 0.383 e. The number of halogens is 1. The van der Waals surface area contributed by atoms with E-state index in [2.05, 4.69) is 4.90 Å². The summed E-state index contributed by atoms with van der Waals surface area (Å²) in [6.07, 6.45) is 2.20. The minimum atomic E-state index is -0.451. The van der Waals surface area contributed by atoms with Crippen LogP contribution in [0, 0.1) is 17.1 Å². The van der Waals surface area contributed by atoms with E-state index in [1.54, 1.807) is 19.2 Å². The number of rotatable bonds is 5. The molecule has 0 aliphatic heterocycles. The van der Waals surface area contributed by atoms with Crippen molar-refractivity contribution < 1.29 is 9.13 Å². The molecule has 17 heavy (non-hydrogen) atoms. The highest BCUT2D eigenvalue weighted by Gasteiger charge is 2.30. The number of hydrogen-bond acceptors (Lipinski definition) is 3. The first kappa shape index (κ1) is 11.9. The number of methoxy groups -OCH3 is 1. The van der Waals surface area contributed by atoms with E-state index in [1.807, 2.05) is 6.07 Å². The van der Waals surface area contributed by atoms with Crippen molar-refractivity contribution in [3.8, 4) is 6.07 Å². The summed E-state index contributed by atoms with van der Waals surface area (Å²) in [5.74, 6) is -0.451. The van der Waals surface area contributed by atoms with Crippen LogP contribution in [0.2, 0.25) is 0 Å². The first-order chi connectivity index (χ1) is 8.27. The lowest BCUT2D eigenvalue weighted by Crippen LogP contribution is -2.30. The van der Waals surface area contributed by atoms with Crippen LogP contribution in [0.3, 0.4) is 0 Å². The van der Waals surface area contributed by atoms with Gasteiger partial charge in [-0.05, 0) is 25.0 Å². The van der Waals surface area contributed by atoms with Gasteiger partial charge in [0.05, 0.1) is 12.3 Å². The maximum absolute atomic E-state index is 13.5. The van der Waals surface area contributed by atoms with Crippen LogP contribution in [-0.4, -0.2) is 26.3 Å². The molecule has 1 aliphatic carbocycles. The maximum atomic E-state index is 13.5. The average Bonchev–Trinajstić information content (AvgIpc) is 3.14. The quantitative estimate of drug-likeness (QED) is 0.784. The monoisotopic (exact) mass is 234 g/mol. The zero-order valence-corrected chi connectivity index (χ0v) is 9.82. The van der Waals surface area contributed by atoms with Gasteiger partial charge < -0.3 is 9.64 Å². The molecule has 0 N–H and O–H groups in total. The van der Waals surface area contributed by atoms with Crippen molar-refractivity contribution in [2.45, 2.75) is 18.9 Å². The molecule has 4 heteroatoms. The van der Waals surface area contributed by atoms with Gasteiger partial charge in [-0.25, -0.2) is 4.39 Å². The van der Waals surface area contributed by atoms with Crippen LogP contribution < -0.4 is 4.90 Å². The molecule has 0 spiro atoms. The smallest absolute Gasteiger partial charge is 0.143 e. The fourth-order valence-electron chi connectivity index (χ4n) is 1.94. The van der Waals surface area contributed by atoms with Crippen molar-refractivity contribution in [3.05, 3.63) is 29.6 Å². The van der Waals surface area contributed by atoms with Crippen molar-refractivity contribution >= 4 is 5.69 Å². The SMILES string of the molecule is COCCN(c1cccc(F)c1C#N)C1CC1. The minimum Gasteiger partial charge on any atom is -0.383 e. The van der Waals surface area contributed by atoms with E-state index in [4.69, 9.17) is 10.00 Å². The molecule has 90 valence electrons. The van der Waals surface area contributed by atoms with Gasteiger partial charge in [-0.3, -0.25) is 0 Å². The fraction of sp³-hybridized carbons (Fsp3) is 0.462. The van der Waals surface area contributed by atoms with E-state index < -0.39 is 5.82 Å². The second-order valence-electron chi connectivity index (χ2n) is 4.16. The summed E-state index contributed by atoms with van der Waals surface area (Å²) in [4.78, 5) is 2.07. The molecule has 1 aromatic carbocycles. The van der Waals surface area contributed by atoms with Gasteiger partial charge in [0.25, 0.3) is 0 Å². The molecule has 0 heterocycles. The molecule has 0 aromatic heterocycles. The van der Waals surface area contributed by atoms with Gasteiger partial charge in [-0.1, -0.05) is 6.07 Å². The predicted molar refractivity (Wildman–Crippen MR) is 63.4 cm³/mol. The Kier molecular flexibility index (Phi) is 3.60. The molecular formula is C13H15FN2O. The number of anilines is 1. The van der Waals surface area contributed by atoms with Crippen molar-refractivity contribution in [1.29, 1.82) is 5.26 Å². The molecular weight excluding hydrogens is 219 g/mol. The van der Waals surface area contributed by atoms with Gasteiger partial charge in [0.1, 0.15) is 17.4 Å². The summed E-state index contributed by atoms with van der Waals surface area (Å²) < 4.78 is 18.6. The highest BCUT2D eigenvalue weighted by Crippen LogP contribution is 2.33. The van der Waals surface area contributed by atoms with E-state index in [0.29, 0.717) is 24.9 Å². The third-order valence-electron chi connectivity index (χ3n) is 2.94. The Morgan fingerprint density at radius 2 is 2.29 bits per heavy atom. The van der Waals surface area contributed by atoms with Crippen LogP contribution in [0.5, 0.6) is 0 Å². The van der Waals surface area contributed by atoms with Gasteiger partial charge in [0.2, 0.25) is 0 Å². The van der Waals surface area contributed by atoms with E-state index >= 15 is 0 Å². The van der Waals surface area contributed by atoms with Crippen molar-refractivity contribution in [1.82, 2.24) is 0 Å². The predicted octanol–water partition coefficient (Wildman–Crippen LogP) is 2.31. The van der Waals surface area contributed by atoms with Gasteiger partial charge in [0, 0.05) is 19.7 Å². The number of hydrogen-bond donors (Lipinski definition) is 0. The first-order valence-electron chi connectivity index (χ1n) is 5.72. The Morgan fingerprint density at radius 1 is 1.53 bits per heavy atom. The topological polar surface area (TPSA) is 36.3 Å². The number of nitriles is 1. The summed E-state index contributed by atoms with van der Waals surface area (Å²) in [7, 11) is 1.64. The normalized spacial score (nSPS) is 14.4. The summed E-state index contributed by atoms with van der Waals surface area (Å²) in [5.41, 5.74) is 0.822. The Morgan fingerprint density at radius 3 is 2.88 bits per heavy atom. The van der Waals surface area contributed by atoms with Crippen LogP contribution >= 0.6 is 0 Å². The molecule has 3 nitrogen and oxygen atoms in total. The van der Waals surface area contributed by atoms with Crippen LogP contribution in [0.25, 0.3) is 0 Å². The molecule has 0 atom stereocenters. The second-order valence-corrected chi connectivity index (χ2v) is 4.16. The molecule has 0 radical (unpaired) electrons. The van der Waals surface area contributed by atoms with E-state index in [1.165, 1.54) is 6.07 Å². The Bertz CT molecular complexity index is 438. The highest BCUT2D eigenvalue weighted by molar-refractivity contribution is 5.61. The molecule has 0 saturated heterocycles. The third kappa shape index (κ3) is 2.56. The zero-order valence-electron chi connectivity index (χ0n) is 9.82. The van der Waals surface area contributed by atoms with Crippen molar-refractivity contribution in [2.24, 2.45) is 0 Å². The Hall–Kier alpha value is -1.60. The molecule has 2 rings (SSSR count). The van der Waals surface area contributed by atoms with E-state index in [-0.39, 0.29) is 5.56 Å². The summed E-state index contributed by atoms with van der Waals surface area (Å²) in [5, 5.41) is 9.03. The molecule has 0 bridgehead atoms. The maximum Gasteiger partial charge on any atom is 0.143 e. The van der Waals surface area contributed by atoms with Gasteiger partial charge in [0.15, 0.2) is 0 Å². The van der Waals surface area contributed by atoms with E-state index in [9.17, 15) is 4.39 Å². The number of ether oxygens (including phenoxy) is 1. The molecule has 1 aliphatic rings. The van der Waals surface area contributed by atoms with E-state index in [0.717, 1.165) is 12.8 Å². The van der Waals surface area contributed by atoms with Gasteiger partial charge >= 0.3 is 0 Å². The third-order valence-corrected chi connectivity index (χ3v) is 2.94. The Labute approximate surface area is 100 Å². The number of benzene rings is 1. The molecule has 0 unspecified atom stereocenters. The lowest BCUT2D eigenvalue weighted by atomic mass is 10.1. The molecule has 1 aromatic rings.